The summed E-state index contributed by atoms with van der Waals surface area (Å²) in [7, 11) is 1.47. The van der Waals surface area contributed by atoms with Gasteiger partial charge in [-0.15, -0.1) is 0 Å². The van der Waals surface area contributed by atoms with Gasteiger partial charge >= 0.3 is 0 Å². The average Bonchev–Trinajstić information content (AvgIpc) is 2.47. The summed E-state index contributed by atoms with van der Waals surface area (Å²) < 4.78 is 0. The maximum Gasteiger partial charge on any atom is 0.261 e. The van der Waals surface area contributed by atoms with Crippen LogP contribution in [-0.2, 0) is 9.59 Å². The molecule has 0 aromatic heterocycles. The molecule has 0 unspecified atom stereocenters. The molecule has 3 nitrogen and oxygen atoms in total. The second-order valence-corrected chi connectivity index (χ2v) is 4.08. The molecule has 0 aromatic rings. The normalized spacial score (nSPS) is 20.6. The van der Waals surface area contributed by atoms with Crippen LogP contribution in [0.2, 0.25) is 0 Å². The highest BCUT2D eigenvalue weighted by molar-refractivity contribution is 6.29. The van der Waals surface area contributed by atoms with E-state index in [1.807, 2.05) is 6.08 Å². The molecule has 1 heterocycles. The Balaban J connectivity index is 2.32. The van der Waals surface area contributed by atoms with Crippen LogP contribution in [0.1, 0.15) is 6.42 Å². The van der Waals surface area contributed by atoms with Crippen LogP contribution >= 0.6 is 11.6 Å². The van der Waals surface area contributed by atoms with Gasteiger partial charge in [0.2, 0.25) is 0 Å². The van der Waals surface area contributed by atoms with Crippen molar-refractivity contribution in [3.05, 3.63) is 46.6 Å². The molecule has 2 amide bonds. The maximum absolute atomic E-state index is 11.7. The molecule has 0 saturated heterocycles. The molecule has 1 aliphatic heterocycles. The minimum Gasteiger partial charge on any atom is -0.278 e. The summed E-state index contributed by atoms with van der Waals surface area (Å²) in [5.41, 5.74) is 1.18. The Labute approximate surface area is 98.4 Å². The van der Waals surface area contributed by atoms with Gasteiger partial charge in [0.05, 0.1) is 5.57 Å². The Hall–Kier alpha value is -1.61. The molecule has 0 radical (unpaired) electrons. The molecule has 4 heteroatoms. The van der Waals surface area contributed by atoms with E-state index < -0.39 is 0 Å². The van der Waals surface area contributed by atoms with Gasteiger partial charge in [0.1, 0.15) is 0 Å². The Morgan fingerprint density at radius 1 is 1.38 bits per heavy atom. The van der Waals surface area contributed by atoms with Crippen molar-refractivity contribution in [1.29, 1.82) is 0 Å². The van der Waals surface area contributed by atoms with E-state index in [0.29, 0.717) is 17.0 Å². The lowest BCUT2D eigenvalue weighted by molar-refractivity contribution is -0.135. The van der Waals surface area contributed by atoms with E-state index in [4.69, 9.17) is 11.6 Å². The van der Waals surface area contributed by atoms with Crippen LogP contribution in [0.25, 0.3) is 0 Å². The van der Waals surface area contributed by atoms with Crippen molar-refractivity contribution < 1.29 is 9.59 Å². The molecule has 0 aromatic carbocycles. The molecular weight excluding hydrogens is 226 g/mol. The zero-order valence-electron chi connectivity index (χ0n) is 8.74. The number of carbonyl (C=O) groups excluding carboxylic acids is 2. The van der Waals surface area contributed by atoms with Crippen LogP contribution in [0.5, 0.6) is 0 Å². The summed E-state index contributed by atoms with van der Waals surface area (Å²) in [5.74, 6) is -0.545. The van der Waals surface area contributed by atoms with E-state index >= 15 is 0 Å². The molecule has 0 spiro atoms. The number of allylic oxidation sites excluding steroid dienone is 5. The third kappa shape index (κ3) is 1.86. The number of halogens is 1. The van der Waals surface area contributed by atoms with Crippen molar-refractivity contribution >= 4 is 23.4 Å². The zero-order valence-corrected chi connectivity index (χ0v) is 9.49. The Bertz CT molecular complexity index is 483. The van der Waals surface area contributed by atoms with Crippen molar-refractivity contribution in [2.75, 3.05) is 7.05 Å². The molecule has 0 atom stereocenters. The number of carbonyl (C=O) groups is 2. The molecule has 2 aliphatic rings. The minimum absolute atomic E-state index is 0.265. The number of imide groups is 1. The highest BCUT2D eigenvalue weighted by atomic mass is 35.5. The van der Waals surface area contributed by atoms with Gasteiger partial charge in [-0.2, -0.15) is 0 Å². The first-order valence-electron chi connectivity index (χ1n) is 4.86. The molecule has 16 heavy (non-hydrogen) atoms. The quantitative estimate of drug-likeness (QED) is 0.652. The first-order chi connectivity index (χ1) is 7.59. The molecule has 82 valence electrons. The van der Waals surface area contributed by atoms with Crippen LogP contribution in [0.3, 0.4) is 0 Å². The van der Waals surface area contributed by atoms with Crippen LogP contribution in [0.4, 0.5) is 0 Å². The number of hydrogen-bond acceptors (Lipinski definition) is 2. The summed E-state index contributed by atoms with van der Waals surface area (Å²) in [4.78, 5) is 24.1. The largest absolute Gasteiger partial charge is 0.278 e. The standard InChI is InChI=1S/C12H10ClNO2/c1-14-11(15)7-10(12(14)16)8-3-2-4-9(13)6-5-8/h2-5,7H,6H2,1H3. The zero-order chi connectivity index (χ0) is 11.7. The van der Waals surface area contributed by atoms with Crippen LogP contribution < -0.4 is 0 Å². The topological polar surface area (TPSA) is 37.4 Å². The summed E-state index contributed by atoms with van der Waals surface area (Å²) in [6.07, 6.45) is 9.11. The fourth-order valence-electron chi connectivity index (χ4n) is 1.57. The fraction of sp³-hybridized carbons (Fsp3) is 0.167. The smallest absolute Gasteiger partial charge is 0.261 e. The number of likely N-dealkylation sites (N-methyl/N-ethyl adjacent to an activating group) is 1. The van der Waals surface area contributed by atoms with Gasteiger partial charge in [-0.25, -0.2) is 0 Å². The molecule has 0 saturated carbocycles. The lowest BCUT2D eigenvalue weighted by atomic mass is 10.1. The van der Waals surface area contributed by atoms with E-state index in [0.717, 1.165) is 10.5 Å². The Morgan fingerprint density at radius 3 is 2.75 bits per heavy atom. The molecule has 2 rings (SSSR count). The second-order valence-electron chi connectivity index (χ2n) is 3.60. The first-order valence-corrected chi connectivity index (χ1v) is 5.24. The molecule has 1 aliphatic carbocycles. The van der Waals surface area contributed by atoms with Gasteiger partial charge < -0.3 is 0 Å². The predicted molar refractivity (Wildman–Crippen MR) is 61.6 cm³/mol. The van der Waals surface area contributed by atoms with Crippen LogP contribution in [0.15, 0.2) is 46.6 Å². The van der Waals surface area contributed by atoms with Crippen molar-refractivity contribution in [3.63, 3.8) is 0 Å². The van der Waals surface area contributed by atoms with Crippen molar-refractivity contribution in [3.8, 4) is 0 Å². The second kappa shape index (κ2) is 4.10. The van der Waals surface area contributed by atoms with E-state index in [9.17, 15) is 9.59 Å². The lowest BCUT2D eigenvalue weighted by Crippen LogP contribution is -2.26. The van der Waals surface area contributed by atoms with Crippen molar-refractivity contribution in [2.45, 2.75) is 6.42 Å². The predicted octanol–water partition coefficient (Wildman–Crippen LogP) is 1.92. The monoisotopic (exact) mass is 235 g/mol. The van der Waals surface area contributed by atoms with Gasteiger partial charge in [0.15, 0.2) is 0 Å². The third-order valence-corrected chi connectivity index (χ3v) is 2.79. The number of rotatable bonds is 1. The van der Waals surface area contributed by atoms with E-state index in [2.05, 4.69) is 0 Å². The Morgan fingerprint density at radius 2 is 2.12 bits per heavy atom. The molecule has 0 bridgehead atoms. The third-order valence-electron chi connectivity index (χ3n) is 2.51. The number of hydrogen-bond donors (Lipinski definition) is 0. The van der Waals surface area contributed by atoms with Gasteiger partial charge in [-0.05, 0) is 11.6 Å². The summed E-state index contributed by atoms with van der Waals surface area (Å²) in [6, 6.07) is 0. The van der Waals surface area contributed by atoms with Gasteiger partial charge in [0.25, 0.3) is 11.8 Å². The summed E-state index contributed by atoms with van der Waals surface area (Å²) >= 11 is 5.87. The Kier molecular flexibility index (Phi) is 2.79. The number of nitrogens with zero attached hydrogens (tertiary/aromatic N) is 1. The lowest BCUT2D eigenvalue weighted by Gasteiger charge is -2.07. The highest BCUT2D eigenvalue weighted by Gasteiger charge is 2.28. The fourth-order valence-corrected chi connectivity index (χ4v) is 1.72. The number of amides is 2. The van der Waals surface area contributed by atoms with E-state index in [1.165, 1.54) is 13.1 Å². The summed E-state index contributed by atoms with van der Waals surface area (Å²) in [5, 5.41) is 0.706. The van der Waals surface area contributed by atoms with Crippen molar-refractivity contribution in [2.24, 2.45) is 0 Å². The SMILES string of the molecule is CN1C(=O)C=C(C2=CCC(Cl)=CC=C2)C1=O. The average molecular weight is 236 g/mol. The van der Waals surface area contributed by atoms with Gasteiger partial charge in [-0.1, -0.05) is 29.8 Å². The van der Waals surface area contributed by atoms with Gasteiger partial charge in [0, 0.05) is 24.6 Å². The van der Waals surface area contributed by atoms with Crippen LogP contribution in [-0.4, -0.2) is 23.8 Å². The summed E-state index contributed by atoms with van der Waals surface area (Å²) in [6.45, 7) is 0. The minimum atomic E-state index is -0.280. The van der Waals surface area contributed by atoms with Crippen LogP contribution in [0, 0.1) is 0 Å². The van der Waals surface area contributed by atoms with E-state index in [1.54, 1.807) is 18.2 Å². The first kappa shape index (κ1) is 10.9. The highest BCUT2D eigenvalue weighted by Crippen LogP contribution is 2.24. The molecule has 0 fully saturated rings. The maximum atomic E-state index is 11.7. The van der Waals surface area contributed by atoms with Crippen molar-refractivity contribution in [1.82, 2.24) is 4.90 Å². The van der Waals surface area contributed by atoms with E-state index in [-0.39, 0.29) is 11.8 Å². The van der Waals surface area contributed by atoms with Gasteiger partial charge in [-0.3, -0.25) is 14.5 Å². The molecule has 0 N–H and O–H groups in total. The molecular formula is C12H10ClNO2.